The summed E-state index contributed by atoms with van der Waals surface area (Å²) in [5, 5.41) is 12.4. The van der Waals surface area contributed by atoms with Crippen LogP contribution in [-0.2, 0) is 9.53 Å². The number of H-pyrrole nitrogens is 1. The van der Waals surface area contributed by atoms with Crippen molar-refractivity contribution in [1.29, 1.82) is 0 Å². The van der Waals surface area contributed by atoms with Crippen molar-refractivity contribution in [3.8, 4) is 11.4 Å². The van der Waals surface area contributed by atoms with Gasteiger partial charge in [-0.05, 0) is 49.7 Å². The molecule has 0 aliphatic carbocycles. The highest BCUT2D eigenvalue weighted by atomic mass is 19.1. The summed E-state index contributed by atoms with van der Waals surface area (Å²) in [6, 6.07) is 12.5. The molecule has 0 radical (unpaired) electrons. The zero-order valence-electron chi connectivity index (χ0n) is 20.9. The average Bonchev–Trinajstić information content (AvgIpc) is 3.58. The molecular formula is C28H24F2N4O5. The lowest BCUT2D eigenvalue weighted by Gasteiger charge is -2.11. The van der Waals surface area contributed by atoms with Crippen molar-refractivity contribution in [1.82, 2.24) is 20.0 Å². The third-order valence-corrected chi connectivity index (χ3v) is 5.63. The minimum absolute atomic E-state index is 0.0226. The average molecular weight is 535 g/mol. The van der Waals surface area contributed by atoms with Crippen LogP contribution in [0.2, 0.25) is 0 Å². The van der Waals surface area contributed by atoms with Crippen molar-refractivity contribution in [2.75, 3.05) is 13.2 Å². The molecule has 5 rings (SSSR count). The Labute approximate surface area is 221 Å². The van der Waals surface area contributed by atoms with E-state index in [0.717, 1.165) is 29.3 Å². The smallest absolute Gasteiger partial charge is 0.305 e. The first-order valence-electron chi connectivity index (χ1n) is 12.0. The summed E-state index contributed by atoms with van der Waals surface area (Å²) >= 11 is 0. The predicted octanol–water partition coefficient (Wildman–Crippen LogP) is 5.21. The zero-order valence-corrected chi connectivity index (χ0v) is 20.9. The van der Waals surface area contributed by atoms with E-state index < -0.39 is 17.4 Å². The highest BCUT2D eigenvalue weighted by Crippen LogP contribution is 2.27. The minimum atomic E-state index is -0.876. The molecular weight excluding hydrogens is 510 g/mol. The van der Waals surface area contributed by atoms with E-state index in [2.05, 4.69) is 15.3 Å². The van der Waals surface area contributed by atoms with Gasteiger partial charge in [-0.15, -0.1) is 0 Å². The number of hydrogen-bond donors (Lipinski definition) is 1. The quantitative estimate of drug-likeness (QED) is 0.157. The van der Waals surface area contributed by atoms with Crippen molar-refractivity contribution >= 4 is 40.3 Å². The van der Waals surface area contributed by atoms with Crippen molar-refractivity contribution in [2.45, 2.75) is 19.8 Å². The second-order valence-corrected chi connectivity index (χ2v) is 8.32. The number of carbonyl (C=O) groups excluding carboxylic acids is 3. The fourth-order valence-corrected chi connectivity index (χ4v) is 3.80. The number of hydrogen-bond acceptors (Lipinski definition) is 7. The topological polar surface area (TPSA) is 116 Å². The molecule has 5 aromatic rings. The van der Waals surface area contributed by atoms with Crippen LogP contribution in [0.25, 0.3) is 27.5 Å². The van der Waals surface area contributed by atoms with Gasteiger partial charge < -0.3 is 9.47 Å². The van der Waals surface area contributed by atoms with E-state index in [1.807, 2.05) is 6.07 Å². The number of nitrogens with one attached hydrogen (secondary N) is 1. The summed E-state index contributed by atoms with van der Waals surface area (Å²) in [5.74, 6) is -2.64. The molecule has 200 valence electrons. The lowest BCUT2D eigenvalue weighted by atomic mass is 10.2. The van der Waals surface area contributed by atoms with E-state index in [1.165, 1.54) is 10.9 Å². The molecule has 39 heavy (non-hydrogen) atoms. The normalized spacial score (nSPS) is 10.6. The van der Waals surface area contributed by atoms with Crippen LogP contribution in [-0.4, -0.2) is 51.7 Å². The highest BCUT2D eigenvalue weighted by Gasteiger charge is 2.16. The lowest BCUT2D eigenvalue weighted by molar-refractivity contribution is -0.143. The summed E-state index contributed by atoms with van der Waals surface area (Å²) < 4.78 is 40.1. The van der Waals surface area contributed by atoms with Gasteiger partial charge in [0.05, 0.1) is 42.3 Å². The third kappa shape index (κ3) is 6.50. The number of carbonyl (C=O) groups is 3. The Balaban J connectivity index is 0.000000265. The van der Waals surface area contributed by atoms with Crippen molar-refractivity contribution in [2.24, 2.45) is 0 Å². The van der Waals surface area contributed by atoms with E-state index in [4.69, 9.17) is 9.47 Å². The van der Waals surface area contributed by atoms with Gasteiger partial charge in [0.15, 0.2) is 17.4 Å². The molecule has 0 aliphatic rings. The Bertz CT molecular complexity index is 1610. The summed E-state index contributed by atoms with van der Waals surface area (Å²) in [4.78, 5) is 32.5. The van der Waals surface area contributed by atoms with Crippen LogP contribution in [0.1, 0.15) is 40.5 Å². The fraction of sp³-hybridized carbons (Fsp3) is 0.179. The molecule has 0 aliphatic heterocycles. The number of rotatable bonds is 9. The summed E-state index contributed by atoms with van der Waals surface area (Å²) in [6.45, 7) is 1.96. The van der Waals surface area contributed by atoms with Gasteiger partial charge in [-0.2, -0.15) is 10.2 Å². The molecule has 0 amide bonds. The summed E-state index contributed by atoms with van der Waals surface area (Å²) in [6.07, 6.45) is 5.14. The van der Waals surface area contributed by atoms with Crippen LogP contribution in [0.3, 0.4) is 0 Å². The number of aldehydes is 2. The van der Waals surface area contributed by atoms with E-state index >= 15 is 0 Å². The number of benzene rings is 3. The molecule has 0 spiro atoms. The van der Waals surface area contributed by atoms with Crippen molar-refractivity contribution in [3.05, 3.63) is 83.7 Å². The Hall–Kier alpha value is -4.93. The molecule has 1 N–H and O–H groups in total. The van der Waals surface area contributed by atoms with E-state index in [-0.39, 0.29) is 37.7 Å². The monoisotopic (exact) mass is 534 g/mol. The third-order valence-electron chi connectivity index (χ3n) is 5.63. The maximum Gasteiger partial charge on any atom is 0.305 e. The Morgan fingerprint density at radius 1 is 0.974 bits per heavy atom. The van der Waals surface area contributed by atoms with Crippen molar-refractivity contribution < 1.29 is 32.6 Å². The van der Waals surface area contributed by atoms with Gasteiger partial charge in [0.25, 0.3) is 0 Å². The van der Waals surface area contributed by atoms with Crippen LogP contribution in [0.15, 0.2) is 60.9 Å². The van der Waals surface area contributed by atoms with E-state index in [0.29, 0.717) is 28.3 Å². The molecule has 2 aromatic heterocycles. The summed E-state index contributed by atoms with van der Waals surface area (Å²) in [7, 11) is 0. The van der Waals surface area contributed by atoms with Crippen LogP contribution >= 0.6 is 0 Å². The predicted molar refractivity (Wildman–Crippen MR) is 139 cm³/mol. The number of aromatic amines is 1. The van der Waals surface area contributed by atoms with Gasteiger partial charge in [0.2, 0.25) is 0 Å². The van der Waals surface area contributed by atoms with Gasteiger partial charge in [-0.3, -0.25) is 19.5 Å². The Morgan fingerprint density at radius 3 is 2.36 bits per heavy atom. The molecule has 0 fully saturated rings. The number of nitrogens with zero attached hydrogens (tertiary/aromatic N) is 3. The van der Waals surface area contributed by atoms with Gasteiger partial charge in [0, 0.05) is 40.5 Å². The Kier molecular flexibility index (Phi) is 8.72. The largest absolute Gasteiger partial charge is 0.488 e. The summed E-state index contributed by atoms with van der Waals surface area (Å²) in [5.41, 5.74) is 2.90. The maximum absolute atomic E-state index is 14.4. The van der Waals surface area contributed by atoms with Crippen molar-refractivity contribution in [3.63, 3.8) is 0 Å². The zero-order chi connectivity index (χ0) is 27.8. The Morgan fingerprint density at radius 2 is 1.67 bits per heavy atom. The molecule has 0 bridgehead atoms. The first-order chi connectivity index (χ1) is 18.9. The molecule has 0 atom stereocenters. The number of ether oxygens (including phenoxy) is 2. The van der Waals surface area contributed by atoms with E-state index in [9.17, 15) is 23.2 Å². The van der Waals surface area contributed by atoms with E-state index in [1.54, 1.807) is 43.5 Å². The highest BCUT2D eigenvalue weighted by molar-refractivity contribution is 5.88. The molecule has 0 saturated carbocycles. The second kappa shape index (κ2) is 12.5. The van der Waals surface area contributed by atoms with Crippen LogP contribution in [0.4, 0.5) is 8.78 Å². The molecule has 3 aromatic carbocycles. The molecule has 2 heterocycles. The molecule has 9 nitrogen and oxygen atoms in total. The second-order valence-electron chi connectivity index (χ2n) is 8.32. The fourth-order valence-electron chi connectivity index (χ4n) is 3.80. The van der Waals surface area contributed by atoms with Gasteiger partial charge in [0.1, 0.15) is 12.6 Å². The number of fused-ring (bicyclic) bond motifs is 2. The minimum Gasteiger partial charge on any atom is -0.488 e. The van der Waals surface area contributed by atoms with Crippen LogP contribution < -0.4 is 4.74 Å². The molecule has 0 saturated heterocycles. The molecule has 0 unspecified atom stereocenters. The molecule has 11 heteroatoms. The lowest BCUT2D eigenvalue weighted by Crippen LogP contribution is -2.08. The maximum atomic E-state index is 14.4. The first kappa shape index (κ1) is 27.1. The van der Waals surface area contributed by atoms with Crippen LogP contribution in [0, 0.1) is 11.6 Å². The standard InChI is InChI=1S/C20H18F2N2O4.C8H6N2O/c1-2-27-19(26)4-3-7-28-20-16(21)9-15(10-17(20)22)24-18-6-5-13(12-25)8-14(18)11-23-24;11-5-6-1-2-8-7(3-6)4-9-10-8/h5-6,8-12H,2-4,7H2,1H3;1-5H,(H,9,10). The van der Waals surface area contributed by atoms with Crippen LogP contribution in [0.5, 0.6) is 5.75 Å². The first-order valence-corrected chi connectivity index (χ1v) is 12.0. The number of aromatic nitrogens is 4. The SMILES string of the molecule is CCOC(=O)CCCOc1c(F)cc(-n2ncc3cc(C=O)ccc32)cc1F.O=Cc1ccc2[nH]ncc2c1. The number of esters is 1. The van der Waals surface area contributed by atoms with Gasteiger partial charge in [-0.1, -0.05) is 0 Å². The van der Waals surface area contributed by atoms with Gasteiger partial charge in [-0.25, -0.2) is 13.5 Å². The van der Waals surface area contributed by atoms with Gasteiger partial charge >= 0.3 is 5.97 Å². The number of halogens is 2.